The first-order chi connectivity index (χ1) is 3.55. The fraction of sp³-hybridized carbons (Fsp3) is 1.00. The molecule has 0 bridgehead atoms. The van der Waals surface area contributed by atoms with Crippen LogP contribution in [0.25, 0.3) is 0 Å². The Bertz CT molecular complexity index is 52.7. The molecule has 3 heteroatoms. The number of rotatable bonds is 2. The lowest BCUT2D eigenvalue weighted by atomic mass is 10.1. The van der Waals surface area contributed by atoms with Crippen LogP contribution in [0.3, 0.4) is 0 Å². The highest BCUT2D eigenvalue weighted by Crippen LogP contribution is 2.04. The van der Waals surface area contributed by atoms with Crippen LogP contribution in [0.4, 0.5) is 0 Å². The van der Waals surface area contributed by atoms with Crippen molar-refractivity contribution >= 4 is 0 Å². The SMILES string of the molecule is CC(O)[C@H](C)C(O)O. The summed E-state index contributed by atoms with van der Waals surface area (Å²) in [5, 5.41) is 25.4. The molecule has 2 atom stereocenters. The van der Waals surface area contributed by atoms with Crippen LogP contribution in [0.15, 0.2) is 0 Å². The zero-order chi connectivity index (χ0) is 6.73. The van der Waals surface area contributed by atoms with Crippen molar-refractivity contribution in [2.45, 2.75) is 26.2 Å². The van der Waals surface area contributed by atoms with E-state index >= 15 is 0 Å². The largest absolute Gasteiger partial charge is 0.393 e. The third-order valence-corrected chi connectivity index (χ3v) is 1.23. The molecule has 8 heavy (non-hydrogen) atoms. The Morgan fingerprint density at radius 2 is 1.38 bits per heavy atom. The van der Waals surface area contributed by atoms with E-state index in [9.17, 15) is 0 Å². The van der Waals surface area contributed by atoms with E-state index in [4.69, 9.17) is 15.3 Å². The van der Waals surface area contributed by atoms with Gasteiger partial charge in [-0.1, -0.05) is 6.92 Å². The van der Waals surface area contributed by atoms with Crippen LogP contribution in [0.1, 0.15) is 13.8 Å². The Kier molecular flexibility index (Phi) is 2.97. The minimum atomic E-state index is -1.41. The van der Waals surface area contributed by atoms with Crippen LogP contribution >= 0.6 is 0 Å². The van der Waals surface area contributed by atoms with E-state index in [1.807, 2.05) is 0 Å². The molecule has 3 N–H and O–H groups in total. The Labute approximate surface area is 48.6 Å². The highest BCUT2D eigenvalue weighted by Gasteiger charge is 2.15. The van der Waals surface area contributed by atoms with Gasteiger partial charge in [-0.3, -0.25) is 0 Å². The Hall–Kier alpha value is -0.120. The van der Waals surface area contributed by atoms with Crippen molar-refractivity contribution in [3.8, 4) is 0 Å². The first-order valence-corrected chi connectivity index (χ1v) is 2.60. The van der Waals surface area contributed by atoms with Gasteiger partial charge < -0.3 is 15.3 Å². The van der Waals surface area contributed by atoms with Crippen LogP contribution in [-0.4, -0.2) is 27.7 Å². The van der Waals surface area contributed by atoms with Gasteiger partial charge in [0.2, 0.25) is 0 Å². The molecule has 3 nitrogen and oxygen atoms in total. The van der Waals surface area contributed by atoms with Crippen LogP contribution in [0.2, 0.25) is 0 Å². The molecule has 0 aromatic carbocycles. The lowest BCUT2D eigenvalue weighted by molar-refractivity contribution is -0.108. The van der Waals surface area contributed by atoms with Gasteiger partial charge in [-0.25, -0.2) is 0 Å². The van der Waals surface area contributed by atoms with Gasteiger partial charge in [0, 0.05) is 5.92 Å². The minimum Gasteiger partial charge on any atom is -0.393 e. The topological polar surface area (TPSA) is 60.7 Å². The van der Waals surface area contributed by atoms with Crippen LogP contribution < -0.4 is 0 Å². The number of hydrogen-bond acceptors (Lipinski definition) is 3. The van der Waals surface area contributed by atoms with Crippen molar-refractivity contribution in [1.82, 2.24) is 0 Å². The van der Waals surface area contributed by atoms with Gasteiger partial charge in [0.15, 0.2) is 6.29 Å². The summed E-state index contributed by atoms with van der Waals surface area (Å²) in [5.41, 5.74) is 0. The Morgan fingerprint density at radius 3 is 1.38 bits per heavy atom. The van der Waals surface area contributed by atoms with E-state index in [1.165, 1.54) is 6.92 Å². The summed E-state index contributed by atoms with van der Waals surface area (Å²) in [5.74, 6) is -0.463. The molecule has 0 aliphatic rings. The second-order valence-corrected chi connectivity index (χ2v) is 2.01. The van der Waals surface area contributed by atoms with Gasteiger partial charge in [-0.2, -0.15) is 0 Å². The van der Waals surface area contributed by atoms with Crippen LogP contribution in [-0.2, 0) is 0 Å². The van der Waals surface area contributed by atoms with Crippen molar-refractivity contribution < 1.29 is 15.3 Å². The molecule has 0 saturated carbocycles. The molecule has 0 aromatic heterocycles. The van der Waals surface area contributed by atoms with Gasteiger partial charge >= 0.3 is 0 Å². The summed E-state index contributed by atoms with van der Waals surface area (Å²) >= 11 is 0. The quantitative estimate of drug-likeness (QED) is 0.423. The third-order valence-electron chi connectivity index (χ3n) is 1.23. The molecule has 0 aromatic rings. The summed E-state index contributed by atoms with van der Waals surface area (Å²) in [6.07, 6.45) is -2.06. The fourth-order valence-corrected chi connectivity index (χ4v) is 0.249. The fourth-order valence-electron chi connectivity index (χ4n) is 0.249. The summed E-state index contributed by atoms with van der Waals surface area (Å²) in [4.78, 5) is 0. The van der Waals surface area contributed by atoms with Gasteiger partial charge in [-0.15, -0.1) is 0 Å². The zero-order valence-corrected chi connectivity index (χ0v) is 5.07. The molecule has 0 fully saturated rings. The molecule has 0 radical (unpaired) electrons. The lowest BCUT2D eigenvalue weighted by Gasteiger charge is -2.15. The summed E-state index contributed by atoms with van der Waals surface area (Å²) < 4.78 is 0. The summed E-state index contributed by atoms with van der Waals surface area (Å²) in [7, 11) is 0. The van der Waals surface area contributed by atoms with Crippen molar-refractivity contribution in [3.63, 3.8) is 0 Å². The molecule has 0 aliphatic heterocycles. The van der Waals surface area contributed by atoms with Crippen molar-refractivity contribution in [1.29, 1.82) is 0 Å². The molecule has 50 valence electrons. The molecule has 0 amide bonds. The average Bonchev–Trinajstić information content (AvgIpc) is 1.64. The van der Waals surface area contributed by atoms with Gasteiger partial charge in [0.05, 0.1) is 6.10 Å². The van der Waals surface area contributed by atoms with Crippen LogP contribution in [0, 0.1) is 5.92 Å². The summed E-state index contributed by atoms with van der Waals surface area (Å²) in [6, 6.07) is 0. The Balaban J connectivity index is 3.46. The Morgan fingerprint density at radius 1 is 1.00 bits per heavy atom. The molecule has 0 spiro atoms. The van der Waals surface area contributed by atoms with E-state index in [2.05, 4.69) is 0 Å². The second-order valence-electron chi connectivity index (χ2n) is 2.01. The van der Waals surface area contributed by atoms with Gasteiger partial charge in [0.25, 0.3) is 0 Å². The maximum atomic E-state index is 8.67. The van der Waals surface area contributed by atoms with E-state index in [1.54, 1.807) is 6.92 Å². The molecule has 0 rings (SSSR count). The highest BCUT2D eigenvalue weighted by atomic mass is 16.5. The van der Waals surface area contributed by atoms with E-state index in [0.717, 1.165) is 0 Å². The summed E-state index contributed by atoms with van der Waals surface area (Å²) in [6.45, 7) is 3.08. The first-order valence-electron chi connectivity index (χ1n) is 2.60. The average molecular weight is 120 g/mol. The van der Waals surface area contributed by atoms with Crippen molar-refractivity contribution in [2.75, 3.05) is 0 Å². The third kappa shape index (κ3) is 2.26. The van der Waals surface area contributed by atoms with E-state index in [-0.39, 0.29) is 0 Å². The van der Waals surface area contributed by atoms with Crippen LogP contribution in [0.5, 0.6) is 0 Å². The smallest absolute Gasteiger partial charge is 0.156 e. The predicted molar refractivity (Wildman–Crippen MR) is 29.1 cm³/mol. The molecular formula is C5H12O3. The van der Waals surface area contributed by atoms with Crippen molar-refractivity contribution in [2.24, 2.45) is 5.92 Å². The maximum absolute atomic E-state index is 8.67. The van der Waals surface area contributed by atoms with E-state index in [0.29, 0.717) is 0 Å². The molecule has 0 saturated heterocycles. The number of aliphatic hydroxyl groups excluding tert-OH is 2. The molecule has 1 unspecified atom stereocenters. The normalized spacial score (nSPS) is 18.8. The number of aliphatic hydroxyl groups is 3. The number of hydrogen-bond donors (Lipinski definition) is 3. The zero-order valence-electron chi connectivity index (χ0n) is 5.07. The standard InChI is InChI=1S/C5H12O3/c1-3(4(2)6)5(7)8/h3-8H,1-2H3/t3-,4?/m0/s1. The minimum absolute atomic E-state index is 0.463. The molecular weight excluding hydrogens is 108 g/mol. The molecule has 0 aliphatic carbocycles. The highest BCUT2D eigenvalue weighted by molar-refractivity contribution is 4.58. The monoisotopic (exact) mass is 120 g/mol. The first kappa shape index (κ1) is 7.88. The van der Waals surface area contributed by atoms with Gasteiger partial charge in [-0.05, 0) is 6.92 Å². The second kappa shape index (κ2) is 3.02. The maximum Gasteiger partial charge on any atom is 0.156 e. The predicted octanol–water partition coefficient (Wildman–Crippen LogP) is -0.686. The lowest BCUT2D eigenvalue weighted by Crippen LogP contribution is -2.26. The molecule has 0 heterocycles. The van der Waals surface area contributed by atoms with Gasteiger partial charge in [0.1, 0.15) is 0 Å². The van der Waals surface area contributed by atoms with E-state index < -0.39 is 18.3 Å². The van der Waals surface area contributed by atoms with Crippen molar-refractivity contribution in [3.05, 3.63) is 0 Å².